The van der Waals surface area contributed by atoms with Gasteiger partial charge in [-0.1, -0.05) is 39.0 Å². The molecule has 4 rings (SSSR count). The number of benzene rings is 1. The van der Waals surface area contributed by atoms with Crippen LogP contribution in [0.2, 0.25) is 0 Å². The zero-order valence-corrected chi connectivity index (χ0v) is 18.6. The van der Waals surface area contributed by atoms with E-state index in [1.54, 1.807) is 7.11 Å². The van der Waals surface area contributed by atoms with Gasteiger partial charge in [-0.25, -0.2) is 0 Å². The third-order valence-corrected chi connectivity index (χ3v) is 7.32. The van der Waals surface area contributed by atoms with E-state index in [1.807, 2.05) is 0 Å². The number of nitrogens with zero attached hydrogens (tertiary/aromatic N) is 1. The third-order valence-electron chi connectivity index (χ3n) is 7.32. The van der Waals surface area contributed by atoms with Crippen molar-refractivity contribution in [3.8, 4) is 5.75 Å². The Morgan fingerprint density at radius 2 is 1.90 bits per heavy atom. The smallest absolute Gasteiger partial charge is 0.120 e. The highest BCUT2D eigenvalue weighted by atomic mass is 16.5. The van der Waals surface area contributed by atoms with Crippen LogP contribution in [0, 0.1) is 17.8 Å². The summed E-state index contributed by atoms with van der Waals surface area (Å²) >= 11 is 0. The number of fused-ring (bicyclic) bond motifs is 2. The summed E-state index contributed by atoms with van der Waals surface area (Å²) in [7, 11) is 1.76. The molecule has 160 valence electrons. The van der Waals surface area contributed by atoms with Gasteiger partial charge in [-0.05, 0) is 74.1 Å². The first-order valence-corrected chi connectivity index (χ1v) is 12.1. The Balaban J connectivity index is 1.35. The van der Waals surface area contributed by atoms with Crippen LogP contribution in [0.25, 0.3) is 10.9 Å². The summed E-state index contributed by atoms with van der Waals surface area (Å²) < 4.78 is 7.96. The second-order valence-corrected chi connectivity index (χ2v) is 9.56. The van der Waals surface area contributed by atoms with Crippen molar-refractivity contribution >= 4 is 10.9 Å². The third kappa shape index (κ3) is 5.36. The topological polar surface area (TPSA) is 26.2 Å². The van der Waals surface area contributed by atoms with Crippen LogP contribution >= 0.6 is 0 Å². The molecule has 2 aromatic rings. The summed E-state index contributed by atoms with van der Waals surface area (Å²) in [5.74, 6) is 4.03. The maximum absolute atomic E-state index is 5.50. The minimum absolute atomic E-state index is 0.898. The molecule has 0 saturated heterocycles. The van der Waals surface area contributed by atoms with E-state index in [2.05, 4.69) is 41.2 Å². The fourth-order valence-corrected chi connectivity index (χ4v) is 5.41. The lowest BCUT2D eigenvalue weighted by molar-refractivity contribution is 0.329. The summed E-state index contributed by atoms with van der Waals surface area (Å²) in [5, 5.41) is 5.17. The molecule has 1 aromatic carbocycles. The average Bonchev–Trinajstić information content (AvgIpc) is 3.45. The van der Waals surface area contributed by atoms with Crippen LogP contribution in [0.15, 0.2) is 24.4 Å². The van der Waals surface area contributed by atoms with Crippen LogP contribution in [0.3, 0.4) is 0 Å². The van der Waals surface area contributed by atoms with E-state index in [0.29, 0.717) is 0 Å². The molecular formula is C26H40N2O. The average molecular weight is 397 g/mol. The first-order valence-electron chi connectivity index (χ1n) is 12.1. The fourth-order valence-electron chi connectivity index (χ4n) is 5.41. The number of hydrogen-bond acceptors (Lipinski definition) is 2. The van der Waals surface area contributed by atoms with Gasteiger partial charge in [0.25, 0.3) is 0 Å². The summed E-state index contributed by atoms with van der Waals surface area (Å²) in [4.78, 5) is 0. The molecule has 3 atom stereocenters. The van der Waals surface area contributed by atoms with E-state index in [9.17, 15) is 0 Å². The summed E-state index contributed by atoms with van der Waals surface area (Å²) in [6.07, 6.45) is 16.3. The second-order valence-electron chi connectivity index (χ2n) is 9.56. The van der Waals surface area contributed by atoms with Gasteiger partial charge >= 0.3 is 0 Å². The monoisotopic (exact) mass is 396 g/mol. The van der Waals surface area contributed by atoms with Gasteiger partial charge in [0.2, 0.25) is 0 Å². The lowest BCUT2D eigenvalue weighted by Crippen LogP contribution is -2.24. The number of hydrogen-bond donors (Lipinski definition) is 1. The van der Waals surface area contributed by atoms with Crippen molar-refractivity contribution in [2.24, 2.45) is 17.8 Å². The molecular weight excluding hydrogens is 356 g/mol. The van der Waals surface area contributed by atoms with E-state index in [1.165, 1.54) is 87.2 Å². The quantitative estimate of drug-likeness (QED) is 0.412. The van der Waals surface area contributed by atoms with Crippen LogP contribution in [-0.2, 0) is 13.1 Å². The molecule has 1 N–H and O–H groups in total. The molecule has 0 amide bonds. The highest BCUT2D eigenvalue weighted by Crippen LogP contribution is 2.51. The van der Waals surface area contributed by atoms with E-state index in [0.717, 1.165) is 36.6 Å². The highest BCUT2D eigenvalue weighted by Gasteiger charge is 2.41. The van der Waals surface area contributed by atoms with Gasteiger partial charge in [-0.3, -0.25) is 0 Å². The fraction of sp³-hybridized carbons (Fsp3) is 0.692. The molecule has 3 heteroatoms. The molecule has 1 heterocycles. The van der Waals surface area contributed by atoms with Crippen molar-refractivity contribution in [3.05, 3.63) is 30.0 Å². The summed E-state index contributed by atoms with van der Waals surface area (Å²) in [6.45, 7) is 5.56. The van der Waals surface area contributed by atoms with Crippen molar-refractivity contribution in [1.82, 2.24) is 9.88 Å². The minimum Gasteiger partial charge on any atom is -0.497 e. The Morgan fingerprint density at radius 3 is 2.72 bits per heavy atom. The number of unbranched alkanes of at least 4 members (excludes halogenated alkanes) is 5. The van der Waals surface area contributed by atoms with Crippen molar-refractivity contribution in [2.75, 3.05) is 13.7 Å². The zero-order chi connectivity index (χ0) is 20.1. The van der Waals surface area contributed by atoms with Gasteiger partial charge < -0.3 is 14.6 Å². The predicted molar refractivity (Wildman–Crippen MR) is 123 cm³/mol. The summed E-state index contributed by atoms with van der Waals surface area (Å²) in [6, 6.07) is 6.57. The standard InChI is InChI=1S/C26H40N2O/c1-3-4-5-6-7-8-13-28-19-23(25-12-11-24(29-2)16-26(25)28)18-27-17-20-9-10-21-15-22(21)14-20/h11-12,16,19-22,27H,3-10,13-15,17-18H2,1-2H3. The number of methoxy groups -OCH3 is 1. The summed E-state index contributed by atoms with van der Waals surface area (Å²) in [5.41, 5.74) is 2.77. The molecule has 3 unspecified atom stereocenters. The predicted octanol–water partition coefficient (Wildman–Crippen LogP) is 6.54. The second kappa shape index (κ2) is 10.0. The van der Waals surface area contributed by atoms with Crippen molar-refractivity contribution in [2.45, 2.75) is 84.2 Å². The molecule has 0 aliphatic heterocycles. The normalized spacial score (nSPS) is 23.3. The van der Waals surface area contributed by atoms with Gasteiger partial charge in [-0.15, -0.1) is 0 Å². The maximum atomic E-state index is 5.50. The maximum Gasteiger partial charge on any atom is 0.120 e. The Hall–Kier alpha value is -1.48. The van der Waals surface area contributed by atoms with Crippen LogP contribution in [0.1, 0.15) is 76.7 Å². The lowest BCUT2D eigenvalue weighted by atomic mass is 9.89. The van der Waals surface area contributed by atoms with Crippen molar-refractivity contribution in [3.63, 3.8) is 0 Å². The molecule has 1 aromatic heterocycles. The molecule has 2 fully saturated rings. The van der Waals surface area contributed by atoms with Crippen molar-refractivity contribution in [1.29, 1.82) is 0 Å². The number of ether oxygens (including phenoxy) is 1. The van der Waals surface area contributed by atoms with E-state index in [4.69, 9.17) is 4.74 Å². The number of aryl methyl sites for hydroxylation is 1. The Morgan fingerprint density at radius 1 is 1.03 bits per heavy atom. The van der Waals surface area contributed by atoms with E-state index in [-0.39, 0.29) is 0 Å². The van der Waals surface area contributed by atoms with Crippen molar-refractivity contribution < 1.29 is 4.74 Å². The molecule has 2 saturated carbocycles. The molecule has 0 radical (unpaired) electrons. The molecule has 0 bridgehead atoms. The Kier molecular flexibility index (Phi) is 7.18. The van der Waals surface area contributed by atoms with Crippen LogP contribution in [0.4, 0.5) is 0 Å². The number of aromatic nitrogens is 1. The van der Waals surface area contributed by atoms with Gasteiger partial charge in [0.1, 0.15) is 5.75 Å². The van der Waals surface area contributed by atoms with Gasteiger partial charge in [0.15, 0.2) is 0 Å². The molecule has 3 nitrogen and oxygen atoms in total. The number of rotatable bonds is 12. The van der Waals surface area contributed by atoms with Gasteiger partial charge in [0, 0.05) is 30.7 Å². The number of nitrogens with one attached hydrogen (secondary N) is 1. The van der Waals surface area contributed by atoms with E-state index >= 15 is 0 Å². The molecule has 0 spiro atoms. The Labute approximate surface area is 177 Å². The largest absolute Gasteiger partial charge is 0.497 e. The molecule has 29 heavy (non-hydrogen) atoms. The van der Waals surface area contributed by atoms with Gasteiger partial charge in [0.05, 0.1) is 12.6 Å². The first-order chi connectivity index (χ1) is 14.3. The Bertz CT molecular complexity index is 780. The molecule has 2 aliphatic carbocycles. The lowest BCUT2D eigenvalue weighted by Gasteiger charge is -2.21. The van der Waals surface area contributed by atoms with Gasteiger partial charge in [-0.2, -0.15) is 0 Å². The van der Waals surface area contributed by atoms with Crippen LogP contribution in [-0.4, -0.2) is 18.2 Å². The molecule has 2 aliphatic rings. The SMILES string of the molecule is CCCCCCCCn1cc(CNCC2CCC3CC3C2)c2ccc(OC)cc21. The van der Waals surface area contributed by atoms with Crippen LogP contribution in [0.5, 0.6) is 5.75 Å². The zero-order valence-electron chi connectivity index (χ0n) is 18.6. The van der Waals surface area contributed by atoms with E-state index < -0.39 is 0 Å². The first kappa shape index (κ1) is 20.8. The highest BCUT2D eigenvalue weighted by molar-refractivity contribution is 5.85. The van der Waals surface area contributed by atoms with Crippen LogP contribution < -0.4 is 10.1 Å². The minimum atomic E-state index is 0.898.